The Kier molecular flexibility index (Phi) is 6.21. The van der Waals surface area contributed by atoms with Crippen molar-refractivity contribution in [1.29, 1.82) is 0 Å². The number of aromatic nitrogens is 3. The maximum atomic E-state index is 13.4. The average molecular weight is 437 g/mol. The summed E-state index contributed by atoms with van der Waals surface area (Å²) in [4.78, 5) is 28.7. The van der Waals surface area contributed by atoms with Crippen LogP contribution in [-0.2, 0) is 4.79 Å². The molecule has 2 saturated heterocycles. The quantitative estimate of drug-likeness (QED) is 0.716. The van der Waals surface area contributed by atoms with E-state index < -0.39 is 0 Å². The molecule has 0 unspecified atom stereocenters. The molecule has 0 saturated carbocycles. The van der Waals surface area contributed by atoms with Crippen LogP contribution in [0.4, 0.5) is 11.5 Å². The van der Waals surface area contributed by atoms with E-state index in [0.29, 0.717) is 18.2 Å². The minimum absolute atomic E-state index is 0.0348. The van der Waals surface area contributed by atoms with Gasteiger partial charge in [0.15, 0.2) is 0 Å². The maximum absolute atomic E-state index is 13.4. The monoisotopic (exact) mass is 436 g/mol. The predicted molar refractivity (Wildman–Crippen MR) is 127 cm³/mol. The molecule has 2 aromatic rings. The summed E-state index contributed by atoms with van der Waals surface area (Å²) in [7, 11) is 0. The molecule has 1 atom stereocenters. The standard InChI is InChI=1S/C25H36N6O/c1-17-11-19(29-22-16-26-8-9-27-22)13-20(28-17)21-7-6-10-31(21)23(32)12-18-14-24(2,3)30-25(4,5)15-18/h8-9,11,13,16,18,21,30H,6-7,10,12,14-15H2,1-5H3,(H,27,28,29)/t21-/m1/s1. The van der Waals surface area contributed by atoms with Crippen LogP contribution in [0.15, 0.2) is 30.7 Å². The van der Waals surface area contributed by atoms with Crippen molar-refractivity contribution >= 4 is 17.4 Å². The molecule has 0 radical (unpaired) electrons. The summed E-state index contributed by atoms with van der Waals surface area (Å²) in [6.07, 6.45) is 9.65. The first-order valence-corrected chi connectivity index (χ1v) is 11.7. The van der Waals surface area contributed by atoms with Gasteiger partial charge in [0.1, 0.15) is 5.82 Å². The Morgan fingerprint density at radius 2 is 1.94 bits per heavy atom. The van der Waals surface area contributed by atoms with Crippen LogP contribution >= 0.6 is 0 Å². The first-order valence-electron chi connectivity index (χ1n) is 11.7. The van der Waals surface area contributed by atoms with Crippen LogP contribution in [0.5, 0.6) is 0 Å². The molecule has 0 spiro atoms. The molecule has 0 aromatic carbocycles. The van der Waals surface area contributed by atoms with Crippen LogP contribution in [0.1, 0.15) is 77.2 Å². The van der Waals surface area contributed by atoms with Crippen molar-refractivity contribution in [2.45, 2.75) is 83.8 Å². The van der Waals surface area contributed by atoms with Crippen LogP contribution in [0.25, 0.3) is 0 Å². The fourth-order valence-corrected chi connectivity index (χ4v) is 5.86. The topological polar surface area (TPSA) is 83.0 Å². The van der Waals surface area contributed by atoms with Gasteiger partial charge < -0.3 is 15.5 Å². The molecule has 0 aliphatic carbocycles. The summed E-state index contributed by atoms with van der Waals surface area (Å²) in [5.41, 5.74) is 2.91. The van der Waals surface area contributed by atoms with E-state index >= 15 is 0 Å². The third kappa shape index (κ3) is 5.44. The van der Waals surface area contributed by atoms with Gasteiger partial charge in [0, 0.05) is 47.8 Å². The molecule has 32 heavy (non-hydrogen) atoms. The van der Waals surface area contributed by atoms with Gasteiger partial charge in [-0.15, -0.1) is 0 Å². The van der Waals surface area contributed by atoms with E-state index in [1.54, 1.807) is 18.6 Å². The molecule has 2 fully saturated rings. The predicted octanol–water partition coefficient (Wildman–Crippen LogP) is 4.53. The number of piperidine rings is 1. The van der Waals surface area contributed by atoms with Gasteiger partial charge in [-0.2, -0.15) is 0 Å². The van der Waals surface area contributed by atoms with E-state index in [1.165, 1.54) is 0 Å². The number of nitrogens with one attached hydrogen (secondary N) is 2. The summed E-state index contributed by atoms with van der Waals surface area (Å²) in [5, 5.41) is 7.03. The van der Waals surface area contributed by atoms with Crippen LogP contribution in [0, 0.1) is 12.8 Å². The van der Waals surface area contributed by atoms with E-state index in [-0.39, 0.29) is 23.0 Å². The van der Waals surface area contributed by atoms with Crippen molar-refractivity contribution in [3.05, 3.63) is 42.1 Å². The summed E-state index contributed by atoms with van der Waals surface area (Å²) in [5.74, 6) is 1.35. The molecule has 4 rings (SSSR count). The lowest BCUT2D eigenvalue weighted by atomic mass is 9.74. The Morgan fingerprint density at radius 3 is 2.62 bits per heavy atom. The Hall–Kier alpha value is -2.54. The molecule has 172 valence electrons. The largest absolute Gasteiger partial charge is 0.339 e. The molecule has 2 aliphatic heterocycles. The van der Waals surface area contributed by atoms with Gasteiger partial charge in [-0.25, -0.2) is 4.98 Å². The molecule has 2 aromatic heterocycles. The number of nitrogens with zero attached hydrogens (tertiary/aromatic N) is 4. The minimum atomic E-state index is 0.0348. The van der Waals surface area contributed by atoms with Gasteiger partial charge in [-0.05, 0) is 78.4 Å². The zero-order valence-corrected chi connectivity index (χ0v) is 20.0. The smallest absolute Gasteiger partial charge is 0.223 e. The van der Waals surface area contributed by atoms with Crippen LogP contribution < -0.4 is 10.6 Å². The lowest BCUT2D eigenvalue weighted by Crippen LogP contribution is -2.58. The molecule has 7 heteroatoms. The van der Waals surface area contributed by atoms with Crippen molar-refractivity contribution in [3.63, 3.8) is 0 Å². The number of hydrogen-bond donors (Lipinski definition) is 2. The second-order valence-electron chi connectivity index (χ2n) is 10.8. The third-order valence-electron chi connectivity index (χ3n) is 6.46. The van der Waals surface area contributed by atoms with Crippen molar-refractivity contribution in [3.8, 4) is 0 Å². The normalized spacial score (nSPS) is 22.7. The number of rotatable bonds is 5. The molecular formula is C25H36N6O. The molecule has 0 bridgehead atoms. The van der Waals surface area contributed by atoms with Crippen molar-refractivity contribution < 1.29 is 4.79 Å². The highest BCUT2D eigenvalue weighted by Gasteiger charge is 2.40. The fraction of sp³-hybridized carbons (Fsp3) is 0.600. The van der Waals surface area contributed by atoms with Gasteiger partial charge in [-0.1, -0.05) is 0 Å². The average Bonchev–Trinajstić information content (AvgIpc) is 3.16. The van der Waals surface area contributed by atoms with E-state index in [0.717, 1.165) is 49.3 Å². The molecular weight excluding hydrogens is 400 g/mol. The van der Waals surface area contributed by atoms with Crippen LogP contribution in [-0.4, -0.2) is 43.4 Å². The zero-order chi connectivity index (χ0) is 22.9. The van der Waals surface area contributed by atoms with Crippen LogP contribution in [0.3, 0.4) is 0 Å². The highest BCUT2D eigenvalue weighted by atomic mass is 16.2. The summed E-state index contributed by atoms with van der Waals surface area (Å²) in [6, 6.07) is 4.08. The van der Waals surface area contributed by atoms with Gasteiger partial charge in [-0.3, -0.25) is 14.8 Å². The second kappa shape index (κ2) is 8.77. The summed E-state index contributed by atoms with van der Waals surface area (Å²) >= 11 is 0. The lowest BCUT2D eigenvalue weighted by Gasteiger charge is -2.46. The number of amides is 1. The minimum Gasteiger partial charge on any atom is -0.339 e. The number of carbonyl (C=O) groups is 1. The number of pyridine rings is 1. The molecule has 2 aliphatic rings. The zero-order valence-electron chi connectivity index (χ0n) is 20.0. The number of aryl methyl sites for hydroxylation is 1. The summed E-state index contributed by atoms with van der Waals surface area (Å²) in [6.45, 7) is 11.8. The Balaban J connectivity index is 1.49. The van der Waals surface area contributed by atoms with Gasteiger partial charge >= 0.3 is 0 Å². The number of likely N-dealkylation sites (tertiary alicyclic amines) is 1. The molecule has 2 N–H and O–H groups in total. The fourth-order valence-electron chi connectivity index (χ4n) is 5.86. The molecule has 1 amide bonds. The van der Waals surface area contributed by atoms with Gasteiger partial charge in [0.05, 0.1) is 17.9 Å². The highest BCUT2D eigenvalue weighted by molar-refractivity contribution is 5.77. The first kappa shape index (κ1) is 22.6. The van der Waals surface area contributed by atoms with E-state index in [4.69, 9.17) is 4.98 Å². The van der Waals surface area contributed by atoms with Crippen LogP contribution in [0.2, 0.25) is 0 Å². The lowest BCUT2D eigenvalue weighted by molar-refractivity contribution is -0.133. The summed E-state index contributed by atoms with van der Waals surface area (Å²) < 4.78 is 0. The van der Waals surface area contributed by atoms with Crippen molar-refractivity contribution in [2.24, 2.45) is 5.92 Å². The maximum Gasteiger partial charge on any atom is 0.223 e. The van der Waals surface area contributed by atoms with Gasteiger partial charge in [0.25, 0.3) is 0 Å². The number of anilines is 2. The number of carbonyl (C=O) groups excluding carboxylic acids is 1. The van der Waals surface area contributed by atoms with Crippen molar-refractivity contribution in [1.82, 2.24) is 25.2 Å². The van der Waals surface area contributed by atoms with Gasteiger partial charge in [0.2, 0.25) is 5.91 Å². The Bertz CT molecular complexity index is 942. The Labute approximate surface area is 191 Å². The molecule has 7 nitrogen and oxygen atoms in total. The van der Waals surface area contributed by atoms with E-state index in [2.05, 4.69) is 59.3 Å². The Morgan fingerprint density at radius 1 is 1.19 bits per heavy atom. The molecule has 4 heterocycles. The van der Waals surface area contributed by atoms with E-state index in [1.807, 2.05) is 13.0 Å². The van der Waals surface area contributed by atoms with Crippen molar-refractivity contribution in [2.75, 3.05) is 11.9 Å². The first-order chi connectivity index (χ1) is 15.1. The highest BCUT2D eigenvalue weighted by Crippen LogP contribution is 2.38. The second-order valence-corrected chi connectivity index (χ2v) is 10.8. The number of hydrogen-bond acceptors (Lipinski definition) is 6. The SMILES string of the molecule is Cc1cc(Nc2cnccn2)cc([C@H]2CCCN2C(=O)CC2CC(C)(C)NC(C)(C)C2)n1. The van der Waals surface area contributed by atoms with E-state index in [9.17, 15) is 4.79 Å². The third-order valence-corrected chi connectivity index (χ3v) is 6.46.